The number of halogens is 1. The molecule has 0 aliphatic rings. The van der Waals surface area contributed by atoms with E-state index in [0.717, 1.165) is 11.3 Å². The minimum atomic E-state index is -0.503. The molecule has 102 valence electrons. The fourth-order valence-corrected chi connectivity index (χ4v) is 2.03. The van der Waals surface area contributed by atoms with Crippen molar-refractivity contribution in [2.45, 2.75) is 13.8 Å². The lowest BCUT2D eigenvalue weighted by Gasteiger charge is -2.01. The summed E-state index contributed by atoms with van der Waals surface area (Å²) in [6, 6.07) is 10.5. The van der Waals surface area contributed by atoms with E-state index in [0.29, 0.717) is 5.56 Å². The molecule has 2 aromatic rings. The number of hydrogen-bond acceptors (Lipinski definition) is 3. The van der Waals surface area contributed by atoms with Crippen LogP contribution in [0, 0.1) is 24.0 Å². The van der Waals surface area contributed by atoms with Crippen molar-refractivity contribution in [2.24, 2.45) is 4.99 Å². The molecule has 0 N–H and O–H groups in total. The third-order valence-electron chi connectivity index (χ3n) is 2.87. The van der Waals surface area contributed by atoms with E-state index in [1.165, 1.54) is 17.7 Å². The van der Waals surface area contributed by atoms with Gasteiger partial charge in [-0.2, -0.15) is 0 Å². The van der Waals surface area contributed by atoms with Crippen LogP contribution in [-0.2, 0) is 0 Å². The van der Waals surface area contributed by atoms with Gasteiger partial charge in [-0.3, -0.25) is 15.1 Å². The van der Waals surface area contributed by atoms with Gasteiger partial charge in [-0.1, -0.05) is 35.4 Å². The Balaban J connectivity index is 2.32. The molecule has 0 aromatic heterocycles. The number of nitro benzene ring substituents is 1. The molecule has 0 atom stereocenters. The van der Waals surface area contributed by atoms with Gasteiger partial charge >= 0.3 is 0 Å². The second kappa shape index (κ2) is 5.84. The minimum Gasteiger partial charge on any atom is -0.258 e. The highest BCUT2D eigenvalue weighted by molar-refractivity contribution is 6.32. The van der Waals surface area contributed by atoms with Crippen molar-refractivity contribution >= 4 is 29.2 Å². The van der Waals surface area contributed by atoms with Crippen LogP contribution in [0.15, 0.2) is 41.4 Å². The zero-order chi connectivity index (χ0) is 14.7. The van der Waals surface area contributed by atoms with Crippen molar-refractivity contribution < 1.29 is 4.92 Å². The second-order valence-corrected chi connectivity index (χ2v) is 4.92. The molecule has 0 saturated heterocycles. The highest BCUT2D eigenvalue weighted by Gasteiger charge is 2.11. The molecule has 0 heterocycles. The van der Waals surface area contributed by atoms with E-state index in [2.05, 4.69) is 4.99 Å². The maximum Gasteiger partial charge on any atom is 0.288 e. The van der Waals surface area contributed by atoms with Crippen LogP contribution in [0.4, 0.5) is 11.4 Å². The summed E-state index contributed by atoms with van der Waals surface area (Å²) in [5.41, 5.74) is 3.60. The average molecular weight is 289 g/mol. The molecule has 0 aliphatic heterocycles. The van der Waals surface area contributed by atoms with Crippen molar-refractivity contribution in [3.05, 3.63) is 68.2 Å². The first-order valence-corrected chi connectivity index (χ1v) is 6.40. The molecular weight excluding hydrogens is 276 g/mol. The van der Waals surface area contributed by atoms with Gasteiger partial charge in [-0.15, -0.1) is 0 Å². The van der Waals surface area contributed by atoms with Gasteiger partial charge in [0.2, 0.25) is 0 Å². The van der Waals surface area contributed by atoms with E-state index in [1.807, 2.05) is 32.0 Å². The summed E-state index contributed by atoms with van der Waals surface area (Å²) in [6.45, 7) is 3.99. The van der Waals surface area contributed by atoms with Crippen molar-refractivity contribution in [1.82, 2.24) is 0 Å². The van der Waals surface area contributed by atoms with Crippen LogP contribution in [-0.4, -0.2) is 11.1 Å². The largest absolute Gasteiger partial charge is 0.288 e. The van der Waals surface area contributed by atoms with Gasteiger partial charge in [0.15, 0.2) is 0 Å². The Bertz CT molecular complexity index is 696. The maximum absolute atomic E-state index is 10.8. The van der Waals surface area contributed by atoms with E-state index in [9.17, 15) is 10.1 Å². The first-order valence-electron chi connectivity index (χ1n) is 6.02. The van der Waals surface area contributed by atoms with Crippen LogP contribution in [0.25, 0.3) is 0 Å². The molecular formula is C15H13ClN2O2. The summed E-state index contributed by atoms with van der Waals surface area (Å²) in [5, 5.41) is 10.9. The Morgan fingerprint density at radius 1 is 1.20 bits per heavy atom. The van der Waals surface area contributed by atoms with Gasteiger partial charge in [0.1, 0.15) is 5.02 Å². The Labute approximate surface area is 121 Å². The van der Waals surface area contributed by atoms with E-state index >= 15 is 0 Å². The fourth-order valence-electron chi connectivity index (χ4n) is 1.84. The molecule has 0 unspecified atom stereocenters. The lowest BCUT2D eigenvalue weighted by Crippen LogP contribution is -1.91. The van der Waals surface area contributed by atoms with E-state index in [1.54, 1.807) is 12.3 Å². The van der Waals surface area contributed by atoms with Gasteiger partial charge < -0.3 is 0 Å². The van der Waals surface area contributed by atoms with Crippen LogP contribution in [0.5, 0.6) is 0 Å². The number of aryl methyl sites for hydroxylation is 2. The summed E-state index contributed by atoms with van der Waals surface area (Å²) in [7, 11) is 0. The summed E-state index contributed by atoms with van der Waals surface area (Å²) < 4.78 is 0. The predicted octanol–water partition coefficient (Wildman–Crippen LogP) is 4.62. The topological polar surface area (TPSA) is 55.5 Å². The number of aliphatic imine (C=N–C) groups is 1. The number of nitro groups is 1. The zero-order valence-electron chi connectivity index (χ0n) is 11.1. The number of rotatable bonds is 3. The quantitative estimate of drug-likeness (QED) is 0.470. The zero-order valence-corrected chi connectivity index (χ0v) is 11.9. The first-order chi connectivity index (χ1) is 9.47. The molecule has 4 nitrogen and oxygen atoms in total. The smallest absolute Gasteiger partial charge is 0.258 e. The van der Waals surface area contributed by atoms with Crippen LogP contribution in [0.1, 0.15) is 16.7 Å². The van der Waals surface area contributed by atoms with Crippen LogP contribution >= 0.6 is 11.6 Å². The van der Waals surface area contributed by atoms with Gasteiger partial charge in [0.05, 0.1) is 10.6 Å². The van der Waals surface area contributed by atoms with Crippen molar-refractivity contribution in [3.63, 3.8) is 0 Å². The van der Waals surface area contributed by atoms with Crippen molar-refractivity contribution in [2.75, 3.05) is 0 Å². The fraction of sp³-hybridized carbons (Fsp3) is 0.133. The molecule has 0 fully saturated rings. The molecule has 2 aromatic carbocycles. The van der Waals surface area contributed by atoms with E-state index < -0.39 is 4.92 Å². The lowest BCUT2D eigenvalue weighted by atomic mass is 10.1. The van der Waals surface area contributed by atoms with Gasteiger partial charge in [-0.05, 0) is 37.1 Å². The number of benzene rings is 2. The van der Waals surface area contributed by atoms with Crippen LogP contribution in [0.2, 0.25) is 5.02 Å². The van der Waals surface area contributed by atoms with Gasteiger partial charge in [-0.25, -0.2) is 0 Å². The Hall–Kier alpha value is -2.20. The van der Waals surface area contributed by atoms with E-state index in [-0.39, 0.29) is 10.7 Å². The van der Waals surface area contributed by atoms with Gasteiger partial charge in [0.25, 0.3) is 5.69 Å². The second-order valence-electron chi connectivity index (χ2n) is 4.52. The van der Waals surface area contributed by atoms with Crippen molar-refractivity contribution in [1.29, 1.82) is 0 Å². The Morgan fingerprint density at radius 2 is 1.95 bits per heavy atom. The van der Waals surface area contributed by atoms with Crippen LogP contribution < -0.4 is 0 Å². The molecule has 0 amide bonds. The monoisotopic (exact) mass is 288 g/mol. The molecule has 0 radical (unpaired) electrons. The average Bonchev–Trinajstić information content (AvgIpc) is 2.39. The maximum atomic E-state index is 10.8. The van der Waals surface area contributed by atoms with Crippen molar-refractivity contribution in [3.8, 4) is 0 Å². The lowest BCUT2D eigenvalue weighted by molar-refractivity contribution is -0.384. The molecule has 2 rings (SSSR count). The molecule has 5 heteroatoms. The molecule has 0 saturated carbocycles. The van der Waals surface area contributed by atoms with Gasteiger partial charge in [0, 0.05) is 12.3 Å². The van der Waals surface area contributed by atoms with Crippen LogP contribution in [0.3, 0.4) is 0 Å². The predicted molar refractivity (Wildman–Crippen MR) is 81.3 cm³/mol. The highest BCUT2D eigenvalue weighted by atomic mass is 35.5. The first kappa shape index (κ1) is 14.2. The molecule has 0 spiro atoms. The summed E-state index contributed by atoms with van der Waals surface area (Å²) in [4.78, 5) is 14.7. The normalized spacial score (nSPS) is 10.9. The summed E-state index contributed by atoms with van der Waals surface area (Å²) in [6.07, 6.45) is 1.60. The molecule has 0 bridgehead atoms. The SMILES string of the molecule is Cc1ccc(N=Cc2ccc(Cl)c([N+](=O)[O-])c2)c(C)c1. The Morgan fingerprint density at radius 3 is 2.60 bits per heavy atom. The van der Waals surface area contributed by atoms with E-state index in [4.69, 9.17) is 11.6 Å². The standard InChI is InChI=1S/C15H13ClN2O2/c1-10-3-6-14(11(2)7-10)17-9-12-4-5-13(16)15(8-12)18(19)20/h3-9H,1-2H3. The summed E-state index contributed by atoms with van der Waals surface area (Å²) >= 11 is 5.76. The highest BCUT2D eigenvalue weighted by Crippen LogP contribution is 2.25. The summed E-state index contributed by atoms with van der Waals surface area (Å²) in [5.74, 6) is 0. The third kappa shape index (κ3) is 3.22. The number of hydrogen-bond donors (Lipinski definition) is 0. The minimum absolute atomic E-state index is 0.115. The third-order valence-corrected chi connectivity index (χ3v) is 3.19. The Kier molecular flexibility index (Phi) is 4.15. The molecule has 0 aliphatic carbocycles. The molecule has 20 heavy (non-hydrogen) atoms. The number of nitrogens with zero attached hydrogens (tertiary/aromatic N) is 2.